The fraction of sp³-hybridized carbons (Fsp3) is 0. The van der Waals surface area contributed by atoms with Crippen LogP contribution in [0.25, 0.3) is 98.4 Å². The minimum Gasteiger partial charge on any atom is -0.309 e. The van der Waals surface area contributed by atoms with Crippen LogP contribution in [-0.2, 0) is 0 Å². The van der Waals surface area contributed by atoms with Gasteiger partial charge >= 0.3 is 0 Å². The number of aromatic nitrogens is 2. The largest absolute Gasteiger partial charge is 0.309 e. The summed E-state index contributed by atoms with van der Waals surface area (Å²) < 4.78 is 4.87. The maximum atomic E-state index is 2.47. The zero-order chi connectivity index (χ0) is 32.8. The predicted octanol–water partition coefficient (Wildman–Crippen LogP) is 13.0. The molecule has 0 amide bonds. The summed E-state index contributed by atoms with van der Waals surface area (Å²) in [7, 11) is 0. The summed E-state index contributed by atoms with van der Waals surface area (Å²) in [6, 6.07) is 66.8. The smallest absolute Gasteiger partial charge is 0.0547 e. The van der Waals surface area contributed by atoms with E-state index >= 15 is 0 Å². The molecule has 0 bridgehead atoms. The summed E-state index contributed by atoms with van der Waals surface area (Å²) in [6.07, 6.45) is 0. The number of hydrogen-bond acceptors (Lipinski definition) is 0. The lowest BCUT2D eigenvalue weighted by Crippen LogP contribution is -1.96. The fourth-order valence-electron chi connectivity index (χ4n) is 8.38. The van der Waals surface area contributed by atoms with Crippen molar-refractivity contribution in [2.45, 2.75) is 0 Å². The summed E-state index contributed by atoms with van der Waals surface area (Å²) in [5.41, 5.74) is 9.62. The standard InChI is InChI=1S/C48H30N2/c1-2-12-35-29-36(18-17-31(35)9-1)32-19-23-37(24-20-32)49-43-16-8-7-15-41(43)42-30-38(25-28-44(42)49)50-45-26-21-33-10-3-5-13-39(33)47(45)48-40-14-6-4-11-34(40)22-27-46(48)50/h1-30H. The van der Waals surface area contributed by atoms with Crippen molar-refractivity contribution >= 4 is 75.9 Å². The Labute approximate surface area is 288 Å². The number of rotatable bonds is 3. The Bertz CT molecular complexity index is 3050. The molecule has 0 fully saturated rings. The van der Waals surface area contributed by atoms with Crippen molar-refractivity contribution in [1.82, 2.24) is 9.13 Å². The molecule has 0 radical (unpaired) electrons. The topological polar surface area (TPSA) is 9.86 Å². The maximum absolute atomic E-state index is 2.47. The van der Waals surface area contributed by atoms with E-state index in [0.29, 0.717) is 0 Å². The highest BCUT2D eigenvalue weighted by atomic mass is 15.0. The molecule has 11 rings (SSSR count). The first kappa shape index (κ1) is 27.3. The number of para-hydroxylation sites is 1. The number of fused-ring (bicyclic) bond motifs is 11. The van der Waals surface area contributed by atoms with Gasteiger partial charge in [-0.1, -0.05) is 127 Å². The lowest BCUT2D eigenvalue weighted by atomic mass is 10.00. The van der Waals surface area contributed by atoms with E-state index in [2.05, 4.69) is 191 Å². The Kier molecular flexibility index (Phi) is 5.70. The Hall–Kier alpha value is -6.64. The molecular formula is C48H30N2. The third-order valence-corrected chi connectivity index (χ3v) is 10.7. The lowest BCUT2D eigenvalue weighted by Gasteiger charge is -2.11. The first-order valence-electron chi connectivity index (χ1n) is 17.3. The van der Waals surface area contributed by atoms with Gasteiger partial charge in [0.15, 0.2) is 0 Å². The fourth-order valence-corrected chi connectivity index (χ4v) is 8.38. The number of nitrogens with zero attached hydrogens (tertiary/aromatic N) is 2. The highest BCUT2D eigenvalue weighted by Crippen LogP contribution is 2.42. The van der Waals surface area contributed by atoms with E-state index in [0.717, 1.165) is 11.4 Å². The number of hydrogen-bond donors (Lipinski definition) is 0. The van der Waals surface area contributed by atoms with E-state index in [1.807, 2.05) is 0 Å². The third kappa shape index (κ3) is 3.90. The van der Waals surface area contributed by atoms with Crippen molar-refractivity contribution in [2.75, 3.05) is 0 Å². The molecule has 0 N–H and O–H groups in total. The second-order valence-corrected chi connectivity index (χ2v) is 13.4. The average Bonchev–Trinajstić information content (AvgIpc) is 3.71. The van der Waals surface area contributed by atoms with E-state index in [1.54, 1.807) is 0 Å². The molecule has 9 aromatic carbocycles. The van der Waals surface area contributed by atoms with Gasteiger partial charge in [-0.3, -0.25) is 0 Å². The molecule has 0 aliphatic heterocycles. The van der Waals surface area contributed by atoms with Gasteiger partial charge in [0.05, 0.1) is 22.1 Å². The highest BCUT2D eigenvalue weighted by molar-refractivity contribution is 6.28. The van der Waals surface area contributed by atoms with Crippen molar-refractivity contribution in [1.29, 1.82) is 0 Å². The van der Waals surface area contributed by atoms with Crippen molar-refractivity contribution in [3.63, 3.8) is 0 Å². The summed E-state index contributed by atoms with van der Waals surface area (Å²) in [5.74, 6) is 0. The Morgan fingerprint density at radius 3 is 1.44 bits per heavy atom. The van der Waals surface area contributed by atoms with Crippen LogP contribution in [-0.4, -0.2) is 9.13 Å². The maximum Gasteiger partial charge on any atom is 0.0547 e. The molecule has 0 saturated carbocycles. The van der Waals surface area contributed by atoms with Crippen LogP contribution in [0.15, 0.2) is 182 Å². The van der Waals surface area contributed by atoms with Gasteiger partial charge in [0, 0.05) is 32.9 Å². The molecule has 0 aliphatic rings. The van der Waals surface area contributed by atoms with E-state index < -0.39 is 0 Å². The average molecular weight is 635 g/mol. The van der Waals surface area contributed by atoms with E-state index in [9.17, 15) is 0 Å². The van der Waals surface area contributed by atoms with E-state index in [1.165, 1.54) is 87.1 Å². The van der Waals surface area contributed by atoms with E-state index in [4.69, 9.17) is 0 Å². The molecule has 2 heterocycles. The second kappa shape index (κ2) is 10.4. The molecule has 0 atom stereocenters. The van der Waals surface area contributed by atoms with Crippen LogP contribution >= 0.6 is 0 Å². The number of benzene rings is 9. The van der Waals surface area contributed by atoms with Gasteiger partial charge in [0.25, 0.3) is 0 Å². The van der Waals surface area contributed by atoms with Crippen LogP contribution in [0.4, 0.5) is 0 Å². The SMILES string of the molecule is c1ccc2cc(-c3ccc(-n4c5ccccc5c5cc(-n6c7ccc8ccccc8c7c7c8ccccc8ccc76)ccc54)cc3)ccc2c1. The lowest BCUT2D eigenvalue weighted by molar-refractivity contribution is 1.17. The van der Waals surface area contributed by atoms with Crippen molar-refractivity contribution < 1.29 is 0 Å². The van der Waals surface area contributed by atoms with Gasteiger partial charge in [0.1, 0.15) is 0 Å². The Morgan fingerprint density at radius 2 is 0.740 bits per heavy atom. The zero-order valence-electron chi connectivity index (χ0n) is 27.2. The van der Waals surface area contributed by atoms with Crippen LogP contribution < -0.4 is 0 Å². The summed E-state index contributed by atoms with van der Waals surface area (Å²) in [4.78, 5) is 0. The van der Waals surface area contributed by atoms with E-state index in [-0.39, 0.29) is 0 Å². The molecule has 50 heavy (non-hydrogen) atoms. The molecular weight excluding hydrogens is 605 g/mol. The normalized spacial score (nSPS) is 12.0. The van der Waals surface area contributed by atoms with Crippen LogP contribution in [0, 0.1) is 0 Å². The molecule has 0 spiro atoms. The quantitative estimate of drug-likeness (QED) is 0.183. The van der Waals surface area contributed by atoms with Crippen molar-refractivity contribution in [3.05, 3.63) is 182 Å². The van der Waals surface area contributed by atoms with Crippen LogP contribution in [0.1, 0.15) is 0 Å². The van der Waals surface area contributed by atoms with Crippen molar-refractivity contribution in [2.24, 2.45) is 0 Å². The predicted molar refractivity (Wildman–Crippen MR) is 213 cm³/mol. The Morgan fingerprint density at radius 1 is 0.260 bits per heavy atom. The van der Waals surface area contributed by atoms with Gasteiger partial charge in [-0.25, -0.2) is 0 Å². The summed E-state index contributed by atoms with van der Waals surface area (Å²) >= 11 is 0. The first-order valence-corrected chi connectivity index (χ1v) is 17.3. The zero-order valence-corrected chi connectivity index (χ0v) is 27.2. The van der Waals surface area contributed by atoms with Crippen LogP contribution in [0.3, 0.4) is 0 Å². The van der Waals surface area contributed by atoms with Gasteiger partial charge < -0.3 is 9.13 Å². The van der Waals surface area contributed by atoms with Crippen LogP contribution in [0.2, 0.25) is 0 Å². The molecule has 0 saturated heterocycles. The Balaban J connectivity index is 1.13. The van der Waals surface area contributed by atoms with Gasteiger partial charge in [-0.2, -0.15) is 0 Å². The minimum absolute atomic E-state index is 1.16. The molecule has 0 unspecified atom stereocenters. The summed E-state index contributed by atoms with van der Waals surface area (Å²) in [6.45, 7) is 0. The summed E-state index contributed by atoms with van der Waals surface area (Å²) in [5, 5.41) is 12.7. The van der Waals surface area contributed by atoms with Gasteiger partial charge in [-0.05, 0) is 98.0 Å². The molecule has 232 valence electrons. The molecule has 2 heteroatoms. The molecule has 0 aliphatic carbocycles. The van der Waals surface area contributed by atoms with Crippen molar-refractivity contribution in [3.8, 4) is 22.5 Å². The first-order chi connectivity index (χ1) is 24.8. The molecule has 11 aromatic rings. The second-order valence-electron chi connectivity index (χ2n) is 13.4. The monoisotopic (exact) mass is 634 g/mol. The van der Waals surface area contributed by atoms with Gasteiger partial charge in [-0.15, -0.1) is 0 Å². The van der Waals surface area contributed by atoms with Crippen LogP contribution in [0.5, 0.6) is 0 Å². The van der Waals surface area contributed by atoms with Gasteiger partial charge in [0.2, 0.25) is 0 Å². The highest BCUT2D eigenvalue weighted by Gasteiger charge is 2.19. The molecule has 2 nitrogen and oxygen atoms in total. The third-order valence-electron chi connectivity index (χ3n) is 10.7. The minimum atomic E-state index is 1.16. The molecule has 2 aromatic heterocycles.